The van der Waals surface area contributed by atoms with E-state index in [9.17, 15) is 13.9 Å². The molecule has 1 aromatic carbocycles. The Balaban J connectivity index is 1.89. The van der Waals surface area contributed by atoms with E-state index in [0.29, 0.717) is 10.9 Å². The van der Waals surface area contributed by atoms with Gasteiger partial charge in [0.2, 0.25) is 0 Å². The molecule has 0 radical (unpaired) electrons. The quantitative estimate of drug-likeness (QED) is 0.741. The number of aromatic hydroxyl groups is 1. The number of hydrogen-bond acceptors (Lipinski definition) is 6. The first kappa shape index (κ1) is 15.2. The van der Waals surface area contributed by atoms with E-state index in [1.165, 1.54) is 23.5 Å². The number of hydrogen-bond donors (Lipinski definition) is 2. The summed E-state index contributed by atoms with van der Waals surface area (Å²) >= 11 is 1.38. The second-order valence-corrected chi connectivity index (χ2v) is 5.47. The van der Waals surface area contributed by atoms with E-state index in [-0.39, 0.29) is 11.5 Å². The molecule has 0 spiro atoms. The third kappa shape index (κ3) is 3.37. The number of para-hydroxylation sites is 1. The third-order valence-electron chi connectivity index (χ3n) is 2.83. The molecule has 0 atom stereocenters. The van der Waals surface area contributed by atoms with Crippen molar-refractivity contribution in [3.8, 4) is 17.2 Å². The number of nitrogens with one attached hydrogen (secondary N) is 1. The van der Waals surface area contributed by atoms with Crippen LogP contribution in [0.2, 0.25) is 0 Å². The van der Waals surface area contributed by atoms with Gasteiger partial charge < -0.3 is 15.2 Å². The molecule has 0 aliphatic carbocycles. The van der Waals surface area contributed by atoms with E-state index in [2.05, 4.69) is 15.3 Å². The zero-order chi connectivity index (χ0) is 16.4. The maximum Gasteiger partial charge on any atom is 0.198 e. The van der Waals surface area contributed by atoms with Gasteiger partial charge in [-0.2, -0.15) is 0 Å². The van der Waals surface area contributed by atoms with Gasteiger partial charge in [-0.1, -0.05) is 6.07 Å². The van der Waals surface area contributed by atoms with Crippen LogP contribution in [0.25, 0.3) is 0 Å². The molecule has 0 bridgehead atoms. The van der Waals surface area contributed by atoms with Crippen LogP contribution in [0.3, 0.4) is 0 Å². The third-order valence-corrected chi connectivity index (χ3v) is 3.71. The molecule has 0 fully saturated rings. The zero-order valence-electron chi connectivity index (χ0n) is 11.9. The largest absolute Gasteiger partial charge is 0.503 e. The SMILES string of the molecule is Cc1csc(Nc2cc(Oc3c(F)cccc3F)c(O)cn2)n1. The Morgan fingerprint density at radius 2 is 2.00 bits per heavy atom. The number of benzene rings is 1. The molecule has 2 aromatic heterocycles. The molecule has 0 saturated carbocycles. The van der Waals surface area contributed by atoms with Crippen molar-refractivity contribution in [2.75, 3.05) is 5.32 Å². The fraction of sp³-hybridized carbons (Fsp3) is 0.0667. The summed E-state index contributed by atoms with van der Waals surface area (Å²) in [5, 5.41) is 15.2. The second-order valence-electron chi connectivity index (χ2n) is 4.61. The Kier molecular flexibility index (Phi) is 4.07. The van der Waals surface area contributed by atoms with Gasteiger partial charge in [-0.05, 0) is 19.1 Å². The van der Waals surface area contributed by atoms with Gasteiger partial charge in [-0.3, -0.25) is 0 Å². The zero-order valence-corrected chi connectivity index (χ0v) is 12.7. The van der Waals surface area contributed by atoms with E-state index in [4.69, 9.17) is 4.74 Å². The number of thiazole rings is 1. The predicted molar refractivity (Wildman–Crippen MR) is 82.5 cm³/mol. The minimum Gasteiger partial charge on any atom is -0.503 e. The van der Waals surface area contributed by atoms with Gasteiger partial charge in [-0.25, -0.2) is 18.7 Å². The maximum absolute atomic E-state index is 13.6. The second kappa shape index (κ2) is 6.17. The Labute approximate surface area is 134 Å². The van der Waals surface area contributed by atoms with Crippen molar-refractivity contribution in [2.45, 2.75) is 6.92 Å². The minimum absolute atomic E-state index is 0.125. The molecular weight excluding hydrogens is 324 g/mol. The minimum atomic E-state index is -0.869. The lowest BCUT2D eigenvalue weighted by molar-refractivity contribution is 0.375. The molecule has 8 heteroatoms. The van der Waals surface area contributed by atoms with Gasteiger partial charge in [0.15, 0.2) is 34.0 Å². The summed E-state index contributed by atoms with van der Waals surface area (Å²) in [6.45, 7) is 1.85. The van der Waals surface area contributed by atoms with Crippen LogP contribution < -0.4 is 10.1 Å². The average Bonchev–Trinajstić information content (AvgIpc) is 2.91. The van der Waals surface area contributed by atoms with E-state index in [0.717, 1.165) is 24.0 Å². The molecule has 5 nitrogen and oxygen atoms in total. The molecule has 2 N–H and O–H groups in total. The molecular formula is C15H11F2N3O2S. The monoisotopic (exact) mass is 335 g/mol. The highest BCUT2D eigenvalue weighted by molar-refractivity contribution is 7.13. The van der Waals surface area contributed by atoms with Gasteiger partial charge >= 0.3 is 0 Å². The maximum atomic E-state index is 13.6. The summed E-state index contributed by atoms with van der Waals surface area (Å²) in [6.07, 6.45) is 1.12. The standard InChI is InChI=1S/C15H11F2N3O2S/c1-8-7-23-15(19-8)20-13-5-12(11(21)6-18-13)22-14-9(16)3-2-4-10(14)17/h2-7,21H,1H3,(H,18,19,20). The van der Waals surface area contributed by atoms with E-state index >= 15 is 0 Å². The Hall–Kier alpha value is -2.74. The van der Waals surface area contributed by atoms with Crippen LogP contribution in [0.5, 0.6) is 17.2 Å². The van der Waals surface area contributed by atoms with Gasteiger partial charge in [0.1, 0.15) is 5.82 Å². The summed E-state index contributed by atoms with van der Waals surface area (Å²) in [7, 11) is 0. The van der Waals surface area contributed by atoms with Crippen molar-refractivity contribution in [3.63, 3.8) is 0 Å². The number of pyridine rings is 1. The fourth-order valence-electron chi connectivity index (χ4n) is 1.79. The van der Waals surface area contributed by atoms with Crippen LogP contribution in [-0.2, 0) is 0 Å². The summed E-state index contributed by atoms with van der Waals surface area (Å²) in [5.74, 6) is -2.47. The van der Waals surface area contributed by atoms with Gasteiger partial charge in [-0.15, -0.1) is 11.3 Å². The molecule has 0 unspecified atom stereocenters. The lowest BCUT2D eigenvalue weighted by Crippen LogP contribution is -1.96. The summed E-state index contributed by atoms with van der Waals surface area (Å²) in [4.78, 5) is 8.18. The Bertz CT molecular complexity index is 834. The molecule has 118 valence electrons. The summed E-state index contributed by atoms with van der Waals surface area (Å²) in [6, 6.07) is 4.68. The van der Waals surface area contributed by atoms with Gasteiger partial charge in [0.25, 0.3) is 0 Å². The smallest absolute Gasteiger partial charge is 0.198 e. The van der Waals surface area contributed by atoms with Crippen molar-refractivity contribution < 1.29 is 18.6 Å². The van der Waals surface area contributed by atoms with Crippen LogP contribution in [0.1, 0.15) is 5.69 Å². The van der Waals surface area contributed by atoms with Crippen molar-refractivity contribution in [3.05, 3.63) is 53.2 Å². The van der Waals surface area contributed by atoms with Crippen molar-refractivity contribution >= 4 is 22.3 Å². The predicted octanol–water partition coefficient (Wildman–Crippen LogP) is 4.37. The lowest BCUT2D eigenvalue weighted by Gasteiger charge is -2.10. The number of halogens is 2. The molecule has 23 heavy (non-hydrogen) atoms. The van der Waals surface area contributed by atoms with Crippen LogP contribution in [0.4, 0.5) is 19.7 Å². The van der Waals surface area contributed by atoms with Crippen molar-refractivity contribution in [2.24, 2.45) is 0 Å². The normalized spacial score (nSPS) is 10.6. The van der Waals surface area contributed by atoms with E-state index in [1.807, 2.05) is 12.3 Å². The van der Waals surface area contributed by atoms with Crippen LogP contribution in [0, 0.1) is 18.6 Å². The number of anilines is 2. The van der Waals surface area contributed by atoms with Crippen LogP contribution in [0.15, 0.2) is 35.8 Å². The first-order chi connectivity index (χ1) is 11.0. The van der Waals surface area contributed by atoms with E-state index in [1.54, 1.807) is 0 Å². The lowest BCUT2D eigenvalue weighted by atomic mass is 10.3. The summed E-state index contributed by atoms with van der Waals surface area (Å²) < 4.78 is 32.4. The molecule has 0 aliphatic rings. The number of aryl methyl sites for hydroxylation is 1. The number of nitrogens with zero attached hydrogens (tertiary/aromatic N) is 2. The topological polar surface area (TPSA) is 67.3 Å². The fourth-order valence-corrected chi connectivity index (χ4v) is 2.49. The van der Waals surface area contributed by atoms with Crippen molar-refractivity contribution in [1.29, 1.82) is 0 Å². The Morgan fingerprint density at radius 1 is 1.26 bits per heavy atom. The Morgan fingerprint density at radius 3 is 2.65 bits per heavy atom. The highest BCUT2D eigenvalue weighted by Gasteiger charge is 2.14. The number of rotatable bonds is 4. The van der Waals surface area contributed by atoms with E-state index < -0.39 is 17.4 Å². The molecule has 3 aromatic rings. The highest BCUT2D eigenvalue weighted by Crippen LogP contribution is 2.35. The molecule has 3 rings (SSSR count). The number of ether oxygens (including phenoxy) is 1. The average molecular weight is 335 g/mol. The first-order valence-electron chi connectivity index (χ1n) is 6.53. The molecule has 0 aliphatic heterocycles. The molecule has 2 heterocycles. The van der Waals surface area contributed by atoms with Crippen LogP contribution >= 0.6 is 11.3 Å². The van der Waals surface area contributed by atoms with Gasteiger partial charge in [0.05, 0.1) is 11.9 Å². The number of aromatic nitrogens is 2. The summed E-state index contributed by atoms with van der Waals surface area (Å²) in [5.41, 5.74) is 0.848. The first-order valence-corrected chi connectivity index (χ1v) is 7.41. The van der Waals surface area contributed by atoms with Gasteiger partial charge in [0, 0.05) is 11.4 Å². The molecule has 0 saturated heterocycles. The highest BCUT2D eigenvalue weighted by atomic mass is 32.1. The van der Waals surface area contributed by atoms with Crippen molar-refractivity contribution in [1.82, 2.24) is 9.97 Å². The molecule has 0 amide bonds. The van der Waals surface area contributed by atoms with Crippen LogP contribution in [-0.4, -0.2) is 15.1 Å².